The molecule has 2 amide bonds. The highest BCUT2D eigenvalue weighted by atomic mass is 16.2. The predicted octanol–water partition coefficient (Wildman–Crippen LogP) is 2.40. The molecule has 1 aromatic heterocycles. The van der Waals surface area contributed by atoms with Crippen LogP contribution in [0.1, 0.15) is 23.7 Å². The molecule has 0 spiro atoms. The van der Waals surface area contributed by atoms with E-state index in [1.807, 2.05) is 49.4 Å². The molecule has 1 fully saturated rings. The molecule has 1 N–H and O–H groups in total. The Kier molecular flexibility index (Phi) is 4.06. The average molecular weight is 291 g/mol. The van der Waals surface area contributed by atoms with Crippen LogP contribution in [-0.4, -0.2) is 28.5 Å². The average Bonchev–Trinajstić information content (AvgIpc) is 2.87. The number of pyridine rings is 1. The van der Waals surface area contributed by atoms with E-state index in [0.29, 0.717) is 13.1 Å². The number of nitrogens with zero attached hydrogens (tertiary/aromatic N) is 2. The highest BCUT2D eigenvalue weighted by molar-refractivity contribution is 5.76. The minimum atomic E-state index is -0.0257. The van der Waals surface area contributed by atoms with Crippen LogP contribution < -0.4 is 5.32 Å². The molecule has 22 heavy (non-hydrogen) atoms. The molecular formula is C18H17N3O. The van der Waals surface area contributed by atoms with Crippen LogP contribution in [0.25, 0.3) is 0 Å². The van der Waals surface area contributed by atoms with Gasteiger partial charge >= 0.3 is 6.03 Å². The molecule has 1 saturated heterocycles. The molecular weight excluding hydrogens is 274 g/mol. The molecule has 1 unspecified atom stereocenters. The van der Waals surface area contributed by atoms with Gasteiger partial charge in [-0.25, -0.2) is 4.79 Å². The fourth-order valence-electron chi connectivity index (χ4n) is 2.31. The molecule has 1 aromatic carbocycles. The quantitative estimate of drug-likeness (QED) is 0.864. The van der Waals surface area contributed by atoms with Crippen LogP contribution in [0.4, 0.5) is 4.79 Å². The minimum absolute atomic E-state index is 0.0257. The van der Waals surface area contributed by atoms with Gasteiger partial charge in [0.25, 0.3) is 0 Å². The van der Waals surface area contributed by atoms with Crippen LogP contribution in [0, 0.1) is 11.8 Å². The lowest BCUT2D eigenvalue weighted by Crippen LogP contribution is -2.32. The van der Waals surface area contributed by atoms with Crippen LogP contribution in [0.3, 0.4) is 0 Å². The molecule has 3 rings (SSSR count). The molecule has 4 nitrogen and oxygen atoms in total. The van der Waals surface area contributed by atoms with Crippen molar-refractivity contribution in [3.63, 3.8) is 0 Å². The maximum Gasteiger partial charge on any atom is 0.318 e. The summed E-state index contributed by atoms with van der Waals surface area (Å²) in [4.78, 5) is 17.9. The maximum absolute atomic E-state index is 11.7. The molecule has 0 bridgehead atoms. The summed E-state index contributed by atoms with van der Waals surface area (Å²) in [6.07, 6.45) is 1.75. The molecule has 0 aliphatic carbocycles. The van der Waals surface area contributed by atoms with Crippen molar-refractivity contribution in [2.24, 2.45) is 0 Å². The smallest absolute Gasteiger partial charge is 0.318 e. The van der Waals surface area contributed by atoms with E-state index in [1.165, 1.54) is 0 Å². The number of amides is 2. The van der Waals surface area contributed by atoms with Crippen LogP contribution >= 0.6 is 0 Å². The van der Waals surface area contributed by atoms with E-state index in [1.54, 1.807) is 11.1 Å². The van der Waals surface area contributed by atoms with Crippen LogP contribution in [0.2, 0.25) is 0 Å². The maximum atomic E-state index is 11.7. The standard InChI is InChI=1S/C18H17N3O/c1-14-11-20-18(22)21(14)13-17-10-9-16(12-19-17)8-7-15-5-3-2-4-6-15/h2-6,9-10,12,14H,11,13H2,1H3,(H,20,22). The Balaban J connectivity index is 1.68. The molecule has 0 saturated carbocycles. The first-order valence-electron chi connectivity index (χ1n) is 7.29. The van der Waals surface area contributed by atoms with Crippen molar-refractivity contribution >= 4 is 6.03 Å². The Morgan fingerprint density at radius 3 is 2.59 bits per heavy atom. The van der Waals surface area contributed by atoms with E-state index < -0.39 is 0 Å². The number of hydrogen-bond donors (Lipinski definition) is 1. The summed E-state index contributed by atoms with van der Waals surface area (Å²) in [6.45, 7) is 3.25. The fourth-order valence-corrected chi connectivity index (χ4v) is 2.31. The predicted molar refractivity (Wildman–Crippen MR) is 85.1 cm³/mol. The van der Waals surface area contributed by atoms with Crippen molar-refractivity contribution < 1.29 is 4.79 Å². The first-order chi connectivity index (χ1) is 10.7. The van der Waals surface area contributed by atoms with Crippen molar-refractivity contribution in [2.75, 3.05) is 6.54 Å². The normalized spacial score (nSPS) is 16.9. The van der Waals surface area contributed by atoms with Gasteiger partial charge in [-0.15, -0.1) is 0 Å². The lowest BCUT2D eigenvalue weighted by atomic mass is 10.2. The minimum Gasteiger partial charge on any atom is -0.336 e. The Labute approximate surface area is 130 Å². The summed E-state index contributed by atoms with van der Waals surface area (Å²) in [7, 11) is 0. The van der Waals surface area contributed by atoms with E-state index in [-0.39, 0.29) is 12.1 Å². The van der Waals surface area contributed by atoms with Gasteiger partial charge in [-0.05, 0) is 31.2 Å². The van der Waals surface area contributed by atoms with Crippen molar-refractivity contribution in [2.45, 2.75) is 19.5 Å². The highest BCUT2D eigenvalue weighted by Crippen LogP contribution is 2.11. The van der Waals surface area contributed by atoms with Crippen molar-refractivity contribution in [3.8, 4) is 11.8 Å². The first kappa shape index (κ1) is 14.2. The van der Waals surface area contributed by atoms with Gasteiger partial charge in [0.05, 0.1) is 12.2 Å². The number of carbonyl (C=O) groups excluding carboxylic acids is 1. The molecule has 0 radical (unpaired) electrons. The monoisotopic (exact) mass is 291 g/mol. The second-order valence-electron chi connectivity index (χ2n) is 5.32. The number of rotatable bonds is 2. The number of nitrogens with one attached hydrogen (secondary N) is 1. The van der Waals surface area contributed by atoms with Gasteiger partial charge in [-0.3, -0.25) is 4.98 Å². The van der Waals surface area contributed by atoms with Gasteiger partial charge < -0.3 is 10.2 Å². The van der Waals surface area contributed by atoms with Crippen molar-refractivity contribution in [3.05, 3.63) is 65.5 Å². The topological polar surface area (TPSA) is 45.2 Å². The third kappa shape index (κ3) is 3.26. The molecule has 1 atom stereocenters. The first-order valence-corrected chi connectivity index (χ1v) is 7.29. The molecule has 2 heterocycles. The van der Waals surface area contributed by atoms with Crippen molar-refractivity contribution in [1.29, 1.82) is 0 Å². The lowest BCUT2D eigenvalue weighted by Gasteiger charge is -2.18. The zero-order valence-corrected chi connectivity index (χ0v) is 12.4. The van der Waals surface area contributed by atoms with Gasteiger partial charge in [-0.2, -0.15) is 0 Å². The van der Waals surface area contributed by atoms with Crippen LogP contribution in [-0.2, 0) is 6.54 Å². The largest absolute Gasteiger partial charge is 0.336 e. The third-order valence-electron chi connectivity index (χ3n) is 3.62. The van der Waals surface area contributed by atoms with Gasteiger partial charge in [0.2, 0.25) is 0 Å². The van der Waals surface area contributed by atoms with E-state index >= 15 is 0 Å². The summed E-state index contributed by atoms with van der Waals surface area (Å²) in [5.41, 5.74) is 2.72. The summed E-state index contributed by atoms with van der Waals surface area (Å²) in [6, 6.07) is 13.9. The summed E-state index contributed by atoms with van der Waals surface area (Å²) in [5, 5.41) is 2.83. The lowest BCUT2D eigenvalue weighted by molar-refractivity contribution is 0.203. The SMILES string of the molecule is CC1CNC(=O)N1Cc1ccc(C#Cc2ccccc2)cn1. The molecule has 1 aliphatic heterocycles. The van der Waals surface area contributed by atoms with Gasteiger partial charge in [-0.1, -0.05) is 30.0 Å². The highest BCUT2D eigenvalue weighted by Gasteiger charge is 2.26. The number of benzene rings is 1. The third-order valence-corrected chi connectivity index (χ3v) is 3.62. The van der Waals surface area contributed by atoms with E-state index in [4.69, 9.17) is 0 Å². The molecule has 110 valence electrons. The van der Waals surface area contributed by atoms with Crippen molar-refractivity contribution in [1.82, 2.24) is 15.2 Å². The summed E-state index contributed by atoms with van der Waals surface area (Å²) >= 11 is 0. The summed E-state index contributed by atoms with van der Waals surface area (Å²) < 4.78 is 0. The Morgan fingerprint density at radius 2 is 1.95 bits per heavy atom. The van der Waals surface area contributed by atoms with Gasteiger partial charge in [0.15, 0.2) is 0 Å². The van der Waals surface area contributed by atoms with Gasteiger partial charge in [0, 0.05) is 29.9 Å². The molecule has 4 heteroatoms. The zero-order chi connectivity index (χ0) is 15.4. The van der Waals surface area contributed by atoms with E-state index in [2.05, 4.69) is 22.1 Å². The fraction of sp³-hybridized carbons (Fsp3) is 0.222. The number of carbonyl (C=O) groups is 1. The molecule has 2 aromatic rings. The number of urea groups is 1. The number of hydrogen-bond acceptors (Lipinski definition) is 2. The van der Waals surface area contributed by atoms with Crippen LogP contribution in [0.5, 0.6) is 0 Å². The summed E-state index contributed by atoms with van der Waals surface area (Å²) in [5.74, 6) is 6.20. The zero-order valence-electron chi connectivity index (χ0n) is 12.4. The Hall–Kier alpha value is -2.80. The van der Waals surface area contributed by atoms with Gasteiger partial charge in [0.1, 0.15) is 0 Å². The Bertz CT molecular complexity index is 713. The number of aromatic nitrogens is 1. The second-order valence-corrected chi connectivity index (χ2v) is 5.32. The second kappa shape index (κ2) is 6.31. The van der Waals surface area contributed by atoms with E-state index in [0.717, 1.165) is 16.8 Å². The van der Waals surface area contributed by atoms with Crippen LogP contribution in [0.15, 0.2) is 48.7 Å². The van der Waals surface area contributed by atoms with E-state index in [9.17, 15) is 4.79 Å². The Morgan fingerprint density at radius 1 is 1.18 bits per heavy atom. The molecule has 1 aliphatic rings.